The highest BCUT2D eigenvalue weighted by molar-refractivity contribution is 7.12. The highest BCUT2D eigenvalue weighted by Crippen LogP contribution is 2.31. The molecule has 2 atom stereocenters. The van der Waals surface area contributed by atoms with E-state index in [1.165, 1.54) is 35.6 Å². The number of hydrogen-bond acceptors (Lipinski definition) is 3. The van der Waals surface area contributed by atoms with E-state index in [1.807, 2.05) is 11.3 Å². The van der Waals surface area contributed by atoms with Crippen molar-refractivity contribution < 1.29 is 0 Å². The van der Waals surface area contributed by atoms with Gasteiger partial charge in [0.1, 0.15) is 0 Å². The molecule has 1 aromatic rings. The second-order valence-corrected chi connectivity index (χ2v) is 6.39. The zero-order chi connectivity index (χ0) is 12.3. The Morgan fingerprint density at radius 3 is 2.94 bits per heavy atom. The molecule has 1 aliphatic heterocycles. The number of aryl methyl sites for hydroxylation is 1. The van der Waals surface area contributed by atoms with Crippen LogP contribution in [0, 0.1) is 6.92 Å². The number of likely N-dealkylation sites (tertiary alicyclic amines) is 1. The van der Waals surface area contributed by atoms with E-state index in [9.17, 15) is 0 Å². The zero-order valence-corrected chi connectivity index (χ0v) is 12.0. The summed E-state index contributed by atoms with van der Waals surface area (Å²) in [6, 6.07) is 5.84. The first-order valence-electron chi connectivity index (χ1n) is 6.69. The summed E-state index contributed by atoms with van der Waals surface area (Å²) < 4.78 is 0. The fourth-order valence-electron chi connectivity index (χ4n) is 2.83. The average molecular weight is 252 g/mol. The van der Waals surface area contributed by atoms with Gasteiger partial charge < -0.3 is 5.32 Å². The molecule has 0 aliphatic carbocycles. The van der Waals surface area contributed by atoms with Crippen molar-refractivity contribution in [2.24, 2.45) is 0 Å². The van der Waals surface area contributed by atoms with E-state index in [-0.39, 0.29) is 0 Å². The maximum atomic E-state index is 3.34. The van der Waals surface area contributed by atoms with Gasteiger partial charge in [-0.25, -0.2) is 0 Å². The maximum Gasteiger partial charge on any atom is 0.0416 e. The third-order valence-electron chi connectivity index (χ3n) is 3.78. The molecule has 0 aromatic carbocycles. The summed E-state index contributed by atoms with van der Waals surface area (Å²) in [6.45, 7) is 6.93. The summed E-state index contributed by atoms with van der Waals surface area (Å²) in [7, 11) is 2.06. The Bertz CT molecular complexity index is 346. The van der Waals surface area contributed by atoms with Gasteiger partial charge in [0.2, 0.25) is 0 Å². The number of rotatable bonds is 4. The van der Waals surface area contributed by atoms with E-state index in [1.54, 1.807) is 0 Å². The molecule has 1 aliphatic rings. The zero-order valence-electron chi connectivity index (χ0n) is 11.2. The topological polar surface area (TPSA) is 15.3 Å². The van der Waals surface area contributed by atoms with Crippen molar-refractivity contribution in [2.75, 3.05) is 20.1 Å². The van der Waals surface area contributed by atoms with Crippen LogP contribution >= 0.6 is 11.3 Å². The van der Waals surface area contributed by atoms with Gasteiger partial charge in [-0.15, -0.1) is 11.3 Å². The van der Waals surface area contributed by atoms with Gasteiger partial charge in [0.25, 0.3) is 0 Å². The monoisotopic (exact) mass is 252 g/mol. The van der Waals surface area contributed by atoms with E-state index in [0.717, 1.165) is 6.54 Å². The molecule has 1 saturated heterocycles. The first-order valence-corrected chi connectivity index (χ1v) is 7.50. The van der Waals surface area contributed by atoms with Crippen molar-refractivity contribution >= 4 is 11.3 Å². The molecule has 2 nitrogen and oxygen atoms in total. The van der Waals surface area contributed by atoms with E-state index in [0.29, 0.717) is 12.1 Å². The first-order chi connectivity index (χ1) is 8.22. The number of hydrogen-bond donors (Lipinski definition) is 1. The smallest absolute Gasteiger partial charge is 0.0416 e. The van der Waals surface area contributed by atoms with E-state index in [2.05, 4.69) is 43.2 Å². The van der Waals surface area contributed by atoms with Gasteiger partial charge >= 0.3 is 0 Å². The van der Waals surface area contributed by atoms with E-state index < -0.39 is 0 Å². The lowest BCUT2D eigenvalue weighted by Crippen LogP contribution is -2.45. The molecular weight excluding hydrogens is 228 g/mol. The van der Waals surface area contributed by atoms with Crippen LogP contribution in [0.4, 0.5) is 0 Å². The van der Waals surface area contributed by atoms with Crippen LogP contribution in [0.2, 0.25) is 0 Å². The van der Waals surface area contributed by atoms with E-state index in [4.69, 9.17) is 0 Å². The summed E-state index contributed by atoms with van der Waals surface area (Å²) in [6.07, 6.45) is 4.09. The quantitative estimate of drug-likeness (QED) is 0.885. The van der Waals surface area contributed by atoms with Crippen LogP contribution in [0.25, 0.3) is 0 Å². The van der Waals surface area contributed by atoms with Crippen LogP contribution in [0.3, 0.4) is 0 Å². The first kappa shape index (κ1) is 13.1. The van der Waals surface area contributed by atoms with Crippen LogP contribution < -0.4 is 5.32 Å². The lowest BCUT2D eigenvalue weighted by atomic mass is 9.99. The Balaban J connectivity index is 2.07. The summed E-state index contributed by atoms with van der Waals surface area (Å²) in [5.41, 5.74) is 0. The second kappa shape index (κ2) is 5.98. The molecule has 96 valence electrons. The predicted molar refractivity (Wildman–Crippen MR) is 75.7 cm³/mol. The molecule has 0 radical (unpaired) electrons. The van der Waals surface area contributed by atoms with Gasteiger partial charge in [0.05, 0.1) is 0 Å². The molecule has 2 unspecified atom stereocenters. The Morgan fingerprint density at radius 1 is 1.47 bits per heavy atom. The van der Waals surface area contributed by atoms with Gasteiger partial charge in [-0.05, 0) is 52.4 Å². The highest BCUT2D eigenvalue weighted by atomic mass is 32.1. The Labute approximate surface area is 109 Å². The van der Waals surface area contributed by atoms with Crippen molar-refractivity contribution in [1.82, 2.24) is 10.2 Å². The third kappa shape index (κ3) is 3.09. The van der Waals surface area contributed by atoms with Crippen LogP contribution in [-0.2, 0) is 0 Å². The predicted octanol–water partition coefficient (Wildman–Crippen LogP) is 3.19. The molecule has 2 heterocycles. The summed E-state index contributed by atoms with van der Waals surface area (Å²) >= 11 is 1.95. The van der Waals surface area contributed by atoms with Crippen molar-refractivity contribution in [3.63, 3.8) is 0 Å². The van der Waals surface area contributed by atoms with Gasteiger partial charge in [0.15, 0.2) is 0 Å². The van der Waals surface area contributed by atoms with Crippen LogP contribution in [-0.4, -0.2) is 31.1 Å². The molecule has 3 heteroatoms. The number of nitrogens with one attached hydrogen (secondary N) is 1. The van der Waals surface area contributed by atoms with Crippen molar-refractivity contribution in [3.05, 3.63) is 21.9 Å². The van der Waals surface area contributed by atoms with Crippen LogP contribution in [0.5, 0.6) is 0 Å². The van der Waals surface area contributed by atoms with Crippen molar-refractivity contribution in [2.45, 2.75) is 45.2 Å². The van der Waals surface area contributed by atoms with Crippen molar-refractivity contribution in [1.29, 1.82) is 0 Å². The molecule has 0 amide bonds. The number of nitrogens with zero attached hydrogens (tertiary/aromatic N) is 1. The molecule has 1 fully saturated rings. The Hall–Kier alpha value is -0.380. The molecular formula is C14H24N2S. The normalized spacial score (nSPS) is 23.8. The summed E-state index contributed by atoms with van der Waals surface area (Å²) in [5.74, 6) is 0. The number of piperidine rings is 1. The minimum atomic E-state index is 0.576. The van der Waals surface area contributed by atoms with E-state index >= 15 is 0 Å². The lowest BCUT2D eigenvalue weighted by molar-refractivity contribution is 0.105. The maximum absolute atomic E-state index is 3.34. The van der Waals surface area contributed by atoms with Gasteiger partial charge in [-0.3, -0.25) is 4.90 Å². The Kier molecular flexibility index (Phi) is 4.60. The van der Waals surface area contributed by atoms with Crippen molar-refractivity contribution in [3.8, 4) is 0 Å². The number of likely N-dealkylation sites (N-methyl/N-ethyl adjacent to an activating group) is 1. The summed E-state index contributed by atoms with van der Waals surface area (Å²) in [4.78, 5) is 5.63. The second-order valence-electron chi connectivity index (χ2n) is 5.07. The fourth-order valence-corrected chi connectivity index (χ4v) is 3.78. The standard InChI is InChI=1S/C14H24N2S/c1-11-7-8-14(17-11)12(2)16-9-5-4-6-13(16)10-15-3/h7-8,12-13,15H,4-6,9-10H2,1-3H3. The highest BCUT2D eigenvalue weighted by Gasteiger charge is 2.27. The fraction of sp³-hybridized carbons (Fsp3) is 0.714. The van der Waals surface area contributed by atoms with Gasteiger partial charge in [-0.1, -0.05) is 6.42 Å². The molecule has 17 heavy (non-hydrogen) atoms. The molecule has 1 aromatic heterocycles. The third-order valence-corrected chi connectivity index (χ3v) is 4.95. The minimum Gasteiger partial charge on any atom is -0.318 e. The average Bonchev–Trinajstić information content (AvgIpc) is 2.76. The lowest BCUT2D eigenvalue weighted by Gasteiger charge is -2.39. The molecule has 0 saturated carbocycles. The Morgan fingerprint density at radius 2 is 2.29 bits per heavy atom. The SMILES string of the molecule is CNCC1CCCCN1C(C)c1ccc(C)s1. The van der Waals surface area contributed by atoms with Crippen LogP contribution in [0.1, 0.15) is 42.0 Å². The minimum absolute atomic E-state index is 0.576. The van der Waals surface area contributed by atoms with Gasteiger partial charge in [-0.2, -0.15) is 0 Å². The largest absolute Gasteiger partial charge is 0.318 e. The number of thiophene rings is 1. The van der Waals surface area contributed by atoms with Crippen LogP contribution in [0.15, 0.2) is 12.1 Å². The van der Waals surface area contributed by atoms with Gasteiger partial charge in [0, 0.05) is 28.4 Å². The molecule has 0 bridgehead atoms. The molecule has 1 N–H and O–H groups in total. The molecule has 0 spiro atoms. The summed E-state index contributed by atoms with van der Waals surface area (Å²) in [5, 5.41) is 3.34. The molecule has 2 rings (SSSR count).